The number of amides is 1. The zero-order valence-corrected chi connectivity index (χ0v) is 25.2. The fourth-order valence-corrected chi connectivity index (χ4v) is 7.15. The van der Waals surface area contributed by atoms with E-state index in [2.05, 4.69) is 5.32 Å². The van der Waals surface area contributed by atoms with E-state index in [-0.39, 0.29) is 23.6 Å². The fraction of sp³-hybridized carbons (Fsp3) is 0.394. The fourth-order valence-electron chi connectivity index (χ4n) is 5.46. The molecule has 1 saturated heterocycles. The summed E-state index contributed by atoms with van der Waals surface area (Å²) in [6, 6.07) is 17.1. The van der Waals surface area contributed by atoms with Gasteiger partial charge in [-0.1, -0.05) is 61.0 Å². The van der Waals surface area contributed by atoms with Crippen LogP contribution in [-0.2, 0) is 37.2 Å². The van der Waals surface area contributed by atoms with Crippen LogP contribution in [0.15, 0.2) is 71.6 Å². The molecule has 4 rings (SSSR count). The molecule has 0 saturated carbocycles. The second-order valence-electron chi connectivity index (χ2n) is 11.3. The molecule has 0 bridgehead atoms. The van der Waals surface area contributed by atoms with Crippen LogP contribution in [-0.4, -0.2) is 59.8 Å². The molecule has 1 unspecified atom stereocenters. The maximum Gasteiger partial charge on any atom is 0.326 e. The Hall–Kier alpha value is -3.89. The van der Waals surface area contributed by atoms with Crippen LogP contribution in [0.3, 0.4) is 0 Å². The summed E-state index contributed by atoms with van der Waals surface area (Å²) in [7, 11) is -3.98. The molecule has 228 valence electrons. The van der Waals surface area contributed by atoms with Gasteiger partial charge in [0, 0.05) is 31.5 Å². The zero-order chi connectivity index (χ0) is 31.0. The molecule has 0 aliphatic carbocycles. The van der Waals surface area contributed by atoms with Gasteiger partial charge in [0.05, 0.1) is 4.90 Å². The SMILES string of the molecule is CC(=N)CCCCCC(=O)Cc1ccc(CC(NC(=O)[C@@H]2CCCN2S(=O)(=O)c2ccc3ccccc3c2)C(=O)O)cc1. The van der Waals surface area contributed by atoms with E-state index in [0.29, 0.717) is 37.0 Å². The molecule has 43 heavy (non-hydrogen) atoms. The number of hydrogen-bond donors (Lipinski definition) is 3. The van der Waals surface area contributed by atoms with Crippen LogP contribution in [0, 0.1) is 5.41 Å². The number of carboxylic acids is 1. The van der Waals surface area contributed by atoms with Crippen molar-refractivity contribution >= 4 is 44.2 Å². The molecule has 3 aromatic carbocycles. The van der Waals surface area contributed by atoms with E-state index in [1.54, 1.807) is 43.3 Å². The molecular formula is C33H39N3O6S. The number of aliphatic carboxylic acids is 1. The Kier molecular flexibility index (Phi) is 10.8. The van der Waals surface area contributed by atoms with Crippen LogP contribution in [0.25, 0.3) is 10.8 Å². The molecule has 0 spiro atoms. The van der Waals surface area contributed by atoms with Crippen LogP contribution in [0.2, 0.25) is 0 Å². The Morgan fingerprint density at radius 2 is 1.63 bits per heavy atom. The van der Waals surface area contributed by atoms with Crippen LogP contribution < -0.4 is 5.32 Å². The molecule has 1 aliphatic heterocycles. The van der Waals surface area contributed by atoms with Gasteiger partial charge in [-0.2, -0.15) is 4.31 Å². The molecule has 1 amide bonds. The van der Waals surface area contributed by atoms with Crippen molar-refractivity contribution in [2.45, 2.75) is 81.7 Å². The predicted molar refractivity (Wildman–Crippen MR) is 166 cm³/mol. The van der Waals surface area contributed by atoms with Crippen LogP contribution in [0.4, 0.5) is 0 Å². The number of hydrogen-bond acceptors (Lipinski definition) is 6. The van der Waals surface area contributed by atoms with Crippen molar-refractivity contribution in [3.63, 3.8) is 0 Å². The van der Waals surface area contributed by atoms with Gasteiger partial charge in [-0.15, -0.1) is 0 Å². The molecule has 3 N–H and O–H groups in total. The van der Waals surface area contributed by atoms with Gasteiger partial charge >= 0.3 is 5.97 Å². The number of fused-ring (bicyclic) bond motifs is 1. The van der Waals surface area contributed by atoms with Gasteiger partial charge < -0.3 is 15.8 Å². The topological polar surface area (TPSA) is 145 Å². The minimum Gasteiger partial charge on any atom is -0.480 e. The highest BCUT2D eigenvalue weighted by Gasteiger charge is 2.40. The summed E-state index contributed by atoms with van der Waals surface area (Å²) in [4.78, 5) is 37.8. The van der Waals surface area contributed by atoms with Crippen molar-refractivity contribution in [1.82, 2.24) is 9.62 Å². The number of sulfonamides is 1. The van der Waals surface area contributed by atoms with Gasteiger partial charge in [-0.25, -0.2) is 13.2 Å². The van der Waals surface area contributed by atoms with Crippen molar-refractivity contribution < 1.29 is 27.9 Å². The third-order valence-corrected chi connectivity index (χ3v) is 9.72. The second-order valence-corrected chi connectivity index (χ2v) is 13.1. The average Bonchev–Trinajstić information content (AvgIpc) is 3.48. The lowest BCUT2D eigenvalue weighted by atomic mass is 10.00. The standard InChI is InChI=1S/C33H39N3O6S/c1-23(34)8-3-2-4-11-28(37)20-24-13-15-25(16-14-24)21-30(33(39)40)35-32(38)31-12-7-19-36(31)43(41,42)29-18-17-26-9-5-6-10-27(26)22-29/h5-6,9-10,13-18,22,30-31,34H,2-4,7-8,11-12,19-21H2,1H3,(H,35,38)(H,39,40)/t30?,31-/m0/s1. The number of nitrogens with one attached hydrogen (secondary N) is 2. The number of carboxylic acid groups (broad SMARTS) is 1. The first-order valence-electron chi connectivity index (χ1n) is 14.7. The highest BCUT2D eigenvalue weighted by atomic mass is 32.2. The molecule has 3 aromatic rings. The molecule has 1 fully saturated rings. The Morgan fingerprint density at radius 3 is 2.33 bits per heavy atom. The van der Waals surface area contributed by atoms with E-state index in [1.807, 2.05) is 24.3 Å². The largest absolute Gasteiger partial charge is 0.480 e. The lowest BCUT2D eigenvalue weighted by molar-refractivity contribution is -0.142. The number of carbonyl (C=O) groups excluding carboxylic acids is 2. The second kappa shape index (κ2) is 14.5. The van der Waals surface area contributed by atoms with E-state index in [9.17, 15) is 27.9 Å². The first-order valence-corrected chi connectivity index (χ1v) is 16.2. The molecule has 2 atom stereocenters. The van der Waals surface area contributed by atoms with Crippen molar-refractivity contribution in [3.05, 3.63) is 77.9 Å². The third-order valence-electron chi connectivity index (χ3n) is 7.82. The summed E-state index contributed by atoms with van der Waals surface area (Å²) in [6.07, 6.45) is 4.98. The van der Waals surface area contributed by atoms with Crippen molar-refractivity contribution in [3.8, 4) is 0 Å². The predicted octanol–water partition coefficient (Wildman–Crippen LogP) is 4.91. The number of unbranched alkanes of at least 4 members (excludes halogenated alkanes) is 2. The van der Waals surface area contributed by atoms with Crippen molar-refractivity contribution in [2.75, 3.05) is 6.54 Å². The average molecular weight is 606 g/mol. The van der Waals surface area contributed by atoms with Crippen molar-refractivity contribution in [1.29, 1.82) is 5.41 Å². The third kappa shape index (κ3) is 8.58. The van der Waals surface area contributed by atoms with Crippen LogP contribution in [0.1, 0.15) is 63.0 Å². The van der Waals surface area contributed by atoms with Crippen molar-refractivity contribution in [2.24, 2.45) is 0 Å². The van der Waals surface area contributed by atoms with Gasteiger partial charge in [-0.05, 0) is 73.1 Å². The number of benzene rings is 3. The van der Waals surface area contributed by atoms with Gasteiger partial charge in [0.15, 0.2) is 0 Å². The van der Waals surface area contributed by atoms with E-state index >= 15 is 0 Å². The minimum absolute atomic E-state index is 0.0197. The molecule has 10 heteroatoms. The highest BCUT2D eigenvalue weighted by molar-refractivity contribution is 7.89. The summed E-state index contributed by atoms with van der Waals surface area (Å²) >= 11 is 0. The first kappa shape index (κ1) is 32.0. The summed E-state index contributed by atoms with van der Waals surface area (Å²) in [6.45, 7) is 1.96. The van der Waals surface area contributed by atoms with E-state index in [4.69, 9.17) is 5.41 Å². The van der Waals surface area contributed by atoms with E-state index in [1.165, 1.54) is 10.4 Å². The molecular weight excluding hydrogens is 566 g/mol. The first-order chi connectivity index (χ1) is 20.5. The number of nitrogens with zero attached hydrogens (tertiary/aromatic N) is 1. The number of rotatable bonds is 15. The number of Topliss-reactive ketones (excluding diaryl/α,β-unsaturated/α-hetero) is 1. The lowest BCUT2D eigenvalue weighted by Gasteiger charge is -2.25. The smallest absolute Gasteiger partial charge is 0.326 e. The Balaban J connectivity index is 1.35. The quantitative estimate of drug-likeness (QED) is 0.166. The molecule has 0 radical (unpaired) electrons. The maximum absolute atomic E-state index is 13.5. The molecule has 1 heterocycles. The monoisotopic (exact) mass is 605 g/mol. The Labute approximate surface area is 252 Å². The summed E-state index contributed by atoms with van der Waals surface area (Å²) < 4.78 is 28.2. The molecule has 9 nitrogen and oxygen atoms in total. The Morgan fingerprint density at radius 1 is 0.953 bits per heavy atom. The minimum atomic E-state index is -3.98. The summed E-state index contributed by atoms with van der Waals surface area (Å²) in [5, 5.41) is 21.6. The summed E-state index contributed by atoms with van der Waals surface area (Å²) in [5.41, 5.74) is 2.17. The van der Waals surface area contributed by atoms with Gasteiger partial charge in [-0.3, -0.25) is 9.59 Å². The zero-order valence-electron chi connectivity index (χ0n) is 24.4. The maximum atomic E-state index is 13.5. The lowest BCUT2D eigenvalue weighted by Crippen LogP contribution is -2.51. The Bertz CT molecular complexity index is 1590. The number of carbonyl (C=O) groups is 3. The van der Waals surface area contributed by atoms with E-state index < -0.39 is 34.0 Å². The van der Waals surface area contributed by atoms with Gasteiger partial charge in [0.2, 0.25) is 15.9 Å². The molecule has 1 aliphatic rings. The normalized spacial score (nSPS) is 16.2. The van der Waals surface area contributed by atoms with Crippen LogP contribution >= 0.6 is 0 Å². The van der Waals surface area contributed by atoms with E-state index in [0.717, 1.165) is 42.0 Å². The van der Waals surface area contributed by atoms with Gasteiger partial charge in [0.1, 0.15) is 17.9 Å². The van der Waals surface area contributed by atoms with Crippen LogP contribution in [0.5, 0.6) is 0 Å². The number of ketones is 1. The highest BCUT2D eigenvalue weighted by Crippen LogP contribution is 2.28. The summed E-state index contributed by atoms with van der Waals surface area (Å²) in [5.74, 6) is -1.71. The van der Waals surface area contributed by atoms with Gasteiger partial charge in [0.25, 0.3) is 0 Å². The molecule has 0 aromatic heterocycles.